The summed E-state index contributed by atoms with van der Waals surface area (Å²) in [6.07, 6.45) is 1.84. The zero-order chi connectivity index (χ0) is 16.0. The van der Waals surface area contributed by atoms with Crippen molar-refractivity contribution < 1.29 is 17.9 Å². The van der Waals surface area contributed by atoms with E-state index >= 15 is 0 Å². The second kappa shape index (κ2) is 8.08. The third-order valence-electron chi connectivity index (χ3n) is 2.46. The third kappa shape index (κ3) is 5.90. The first-order valence-electron chi connectivity index (χ1n) is 6.09. The molecular weight excluding hydrogens is 361 g/mol. The lowest BCUT2D eigenvalue weighted by molar-refractivity contribution is -0.123. The van der Waals surface area contributed by atoms with E-state index < -0.39 is 9.05 Å². The lowest BCUT2D eigenvalue weighted by Crippen LogP contribution is -2.29. The van der Waals surface area contributed by atoms with Crippen molar-refractivity contribution in [1.29, 1.82) is 0 Å². The van der Waals surface area contributed by atoms with Gasteiger partial charge in [0.05, 0.1) is 10.0 Å². The van der Waals surface area contributed by atoms with Crippen LogP contribution in [0, 0.1) is 0 Å². The first kappa shape index (κ1) is 18.4. The fraction of sp³-hybridized carbons (Fsp3) is 0.417. The van der Waals surface area contributed by atoms with Gasteiger partial charge in [0, 0.05) is 23.3 Å². The van der Waals surface area contributed by atoms with Gasteiger partial charge in [-0.25, -0.2) is 8.42 Å². The van der Waals surface area contributed by atoms with Gasteiger partial charge in [-0.2, -0.15) is 0 Å². The first-order chi connectivity index (χ1) is 9.75. The number of nitrogens with one attached hydrogen (secondary N) is 1. The van der Waals surface area contributed by atoms with Crippen LogP contribution in [0.15, 0.2) is 17.0 Å². The molecule has 118 valence electrons. The van der Waals surface area contributed by atoms with Gasteiger partial charge in [0.25, 0.3) is 15.0 Å². The van der Waals surface area contributed by atoms with Crippen molar-refractivity contribution in [2.24, 2.45) is 0 Å². The minimum absolute atomic E-state index is 0.0000156. The minimum Gasteiger partial charge on any atom is -0.482 e. The average Bonchev–Trinajstić information content (AvgIpc) is 2.38. The van der Waals surface area contributed by atoms with E-state index in [4.69, 9.17) is 38.6 Å². The molecule has 0 aromatic heterocycles. The number of hydrogen-bond donors (Lipinski definition) is 1. The summed E-state index contributed by atoms with van der Waals surface area (Å²) < 4.78 is 27.7. The summed E-state index contributed by atoms with van der Waals surface area (Å²) in [6, 6.07) is 2.29. The molecule has 21 heavy (non-hydrogen) atoms. The zero-order valence-electron chi connectivity index (χ0n) is 11.2. The summed E-state index contributed by atoms with van der Waals surface area (Å²) in [5.41, 5.74) is 0. The first-order valence-corrected chi connectivity index (χ1v) is 9.15. The summed E-state index contributed by atoms with van der Waals surface area (Å²) in [7, 11) is 1.21. The Bertz CT molecular complexity index is 619. The lowest BCUT2D eigenvalue weighted by Gasteiger charge is -2.10. The number of rotatable bonds is 7. The van der Waals surface area contributed by atoms with E-state index in [1.165, 1.54) is 6.07 Å². The molecule has 0 aliphatic carbocycles. The van der Waals surface area contributed by atoms with Gasteiger partial charge in [-0.15, -0.1) is 0 Å². The molecule has 9 heteroatoms. The Kier molecular flexibility index (Phi) is 7.06. The number of unbranched alkanes of at least 4 members (excludes halogenated alkanes) is 1. The molecule has 0 unspecified atom stereocenters. The molecule has 0 atom stereocenters. The van der Waals surface area contributed by atoms with Crippen LogP contribution < -0.4 is 10.1 Å². The molecule has 5 nitrogen and oxygen atoms in total. The molecule has 1 aromatic rings. The predicted octanol–water partition coefficient (Wildman–Crippen LogP) is 3.22. The van der Waals surface area contributed by atoms with Crippen LogP contribution in [0.1, 0.15) is 19.8 Å². The smallest absolute Gasteiger partial charge is 0.262 e. The molecule has 0 fully saturated rings. The van der Waals surface area contributed by atoms with Crippen LogP contribution in [0.4, 0.5) is 0 Å². The zero-order valence-corrected chi connectivity index (χ0v) is 14.2. The fourth-order valence-corrected chi connectivity index (χ4v) is 3.20. The largest absolute Gasteiger partial charge is 0.482 e. The van der Waals surface area contributed by atoms with Crippen molar-refractivity contribution >= 4 is 48.8 Å². The van der Waals surface area contributed by atoms with Crippen LogP contribution >= 0.6 is 33.9 Å². The van der Waals surface area contributed by atoms with Gasteiger partial charge >= 0.3 is 0 Å². The maximum atomic E-state index is 11.5. The van der Waals surface area contributed by atoms with Gasteiger partial charge in [-0.1, -0.05) is 36.5 Å². The van der Waals surface area contributed by atoms with Gasteiger partial charge in [0.1, 0.15) is 10.6 Å². The van der Waals surface area contributed by atoms with Gasteiger partial charge in [-0.3, -0.25) is 4.79 Å². The standard InChI is InChI=1S/C12H14Cl3NO4S/c1-2-3-4-16-12(17)7-20-10-5-9(14)11(6-8(10)13)21(15,18)19/h5-6H,2-4,7H2,1H3,(H,16,17). The molecule has 0 aliphatic rings. The highest BCUT2D eigenvalue weighted by Gasteiger charge is 2.18. The molecular formula is C12H14Cl3NO4S. The highest BCUT2D eigenvalue weighted by atomic mass is 35.7. The van der Waals surface area contributed by atoms with E-state index in [9.17, 15) is 13.2 Å². The van der Waals surface area contributed by atoms with Crippen LogP contribution in [0.25, 0.3) is 0 Å². The number of amides is 1. The van der Waals surface area contributed by atoms with E-state index in [0.717, 1.165) is 18.9 Å². The second-order valence-electron chi connectivity index (χ2n) is 4.14. The average molecular weight is 375 g/mol. The van der Waals surface area contributed by atoms with Gasteiger partial charge in [-0.05, 0) is 12.5 Å². The highest BCUT2D eigenvalue weighted by Crippen LogP contribution is 2.34. The molecule has 0 bridgehead atoms. The molecule has 0 aliphatic heterocycles. The predicted molar refractivity (Wildman–Crippen MR) is 82.9 cm³/mol. The summed E-state index contributed by atoms with van der Waals surface area (Å²) in [6.45, 7) is 2.33. The van der Waals surface area contributed by atoms with Crippen LogP contribution in [0.3, 0.4) is 0 Å². The molecule has 1 N–H and O–H groups in total. The Hall–Kier alpha value is -0.690. The highest BCUT2D eigenvalue weighted by molar-refractivity contribution is 8.13. The van der Waals surface area contributed by atoms with Gasteiger partial charge in [0.2, 0.25) is 0 Å². The maximum Gasteiger partial charge on any atom is 0.262 e. The maximum absolute atomic E-state index is 11.5. The Morgan fingerprint density at radius 1 is 1.29 bits per heavy atom. The van der Waals surface area contributed by atoms with Gasteiger partial charge in [0.15, 0.2) is 6.61 Å². The van der Waals surface area contributed by atoms with E-state index in [1.54, 1.807) is 0 Å². The van der Waals surface area contributed by atoms with Crippen LogP contribution in [0.2, 0.25) is 10.0 Å². The molecule has 0 saturated heterocycles. The van der Waals surface area contributed by atoms with Crippen molar-refractivity contribution in [3.8, 4) is 5.75 Å². The van der Waals surface area contributed by atoms with Crippen LogP contribution in [0.5, 0.6) is 5.75 Å². The van der Waals surface area contributed by atoms with Crippen molar-refractivity contribution in [3.05, 3.63) is 22.2 Å². The number of carbonyl (C=O) groups is 1. The normalized spacial score (nSPS) is 11.2. The number of halogens is 3. The molecule has 0 spiro atoms. The van der Waals surface area contributed by atoms with Crippen molar-refractivity contribution in [2.75, 3.05) is 13.2 Å². The minimum atomic E-state index is -4.00. The summed E-state index contributed by atoms with van der Waals surface area (Å²) in [5, 5.41) is 2.54. The Labute approximate surface area is 137 Å². The molecule has 1 amide bonds. The van der Waals surface area contributed by atoms with Crippen molar-refractivity contribution in [2.45, 2.75) is 24.7 Å². The van der Waals surface area contributed by atoms with Crippen LogP contribution in [-0.2, 0) is 13.8 Å². The van der Waals surface area contributed by atoms with Crippen molar-refractivity contribution in [1.82, 2.24) is 5.32 Å². The molecule has 1 aromatic carbocycles. The Balaban J connectivity index is 2.73. The topological polar surface area (TPSA) is 72.5 Å². The summed E-state index contributed by atoms with van der Waals surface area (Å²) in [5.74, 6) is -0.193. The second-order valence-corrected chi connectivity index (χ2v) is 7.49. The van der Waals surface area contributed by atoms with Crippen LogP contribution in [-0.4, -0.2) is 27.5 Å². The summed E-state index contributed by atoms with van der Waals surface area (Å²) in [4.78, 5) is 11.2. The fourth-order valence-electron chi connectivity index (χ4n) is 1.41. The third-order valence-corrected chi connectivity index (χ3v) is 4.54. The van der Waals surface area contributed by atoms with Crippen molar-refractivity contribution in [3.63, 3.8) is 0 Å². The Morgan fingerprint density at radius 3 is 2.52 bits per heavy atom. The van der Waals surface area contributed by atoms with E-state index in [1.807, 2.05) is 6.92 Å². The summed E-state index contributed by atoms with van der Waals surface area (Å²) >= 11 is 11.7. The SMILES string of the molecule is CCCCNC(=O)COc1cc(Cl)c(S(=O)(=O)Cl)cc1Cl. The Morgan fingerprint density at radius 2 is 1.95 bits per heavy atom. The van der Waals surface area contributed by atoms with E-state index in [-0.39, 0.29) is 33.2 Å². The number of carbonyl (C=O) groups excluding carboxylic acids is 1. The van der Waals surface area contributed by atoms with E-state index in [2.05, 4.69) is 5.32 Å². The monoisotopic (exact) mass is 373 g/mol. The molecule has 1 rings (SSSR count). The number of ether oxygens (including phenoxy) is 1. The molecule has 0 saturated carbocycles. The number of benzene rings is 1. The van der Waals surface area contributed by atoms with E-state index in [0.29, 0.717) is 6.54 Å². The molecule has 0 heterocycles. The number of hydrogen-bond acceptors (Lipinski definition) is 4. The molecule has 0 radical (unpaired) electrons. The van der Waals surface area contributed by atoms with Gasteiger partial charge < -0.3 is 10.1 Å². The lowest BCUT2D eigenvalue weighted by atomic mass is 10.3. The quantitative estimate of drug-likeness (QED) is 0.587.